The first-order valence-electron chi connectivity index (χ1n) is 15.8. The number of nitrogens with zero attached hydrogens (tertiary/aromatic N) is 4. The molecular formula is C34H52N4O7. The Morgan fingerprint density at radius 3 is 2.49 bits per heavy atom. The normalized spacial score (nSPS) is 24.3. The lowest BCUT2D eigenvalue weighted by Gasteiger charge is -2.42. The number of rotatable bonds is 8. The van der Waals surface area contributed by atoms with Gasteiger partial charge < -0.3 is 34.2 Å². The SMILES string of the molecule is COc1cccc([C@@H]2[C@@H](C(C)C)CN(C(C)=O)C[C@H](OC)[C@@H](O)[C@@H](O)COCCCCN2C(=O)CN(C)Cc2ccncc2)c1. The van der Waals surface area contributed by atoms with Crippen LogP contribution in [0.25, 0.3) is 0 Å². The van der Waals surface area contributed by atoms with Crippen molar-refractivity contribution in [1.29, 1.82) is 0 Å². The van der Waals surface area contributed by atoms with Crippen molar-refractivity contribution < 1.29 is 34.0 Å². The molecule has 2 heterocycles. The molecule has 45 heavy (non-hydrogen) atoms. The molecule has 5 atom stereocenters. The topological polar surface area (TPSA) is 125 Å². The second-order valence-electron chi connectivity index (χ2n) is 12.3. The van der Waals surface area contributed by atoms with E-state index in [1.807, 2.05) is 53.2 Å². The summed E-state index contributed by atoms with van der Waals surface area (Å²) >= 11 is 0. The van der Waals surface area contributed by atoms with E-state index in [2.05, 4.69) is 18.8 Å². The summed E-state index contributed by atoms with van der Waals surface area (Å²) in [5, 5.41) is 21.5. The van der Waals surface area contributed by atoms with Gasteiger partial charge >= 0.3 is 0 Å². The van der Waals surface area contributed by atoms with E-state index >= 15 is 0 Å². The molecule has 0 aliphatic carbocycles. The number of aliphatic hydroxyl groups is 2. The summed E-state index contributed by atoms with van der Waals surface area (Å²) in [6.45, 7) is 7.63. The number of aromatic nitrogens is 1. The predicted molar refractivity (Wildman–Crippen MR) is 171 cm³/mol. The molecule has 0 bridgehead atoms. The maximum Gasteiger partial charge on any atom is 0.237 e. The standard InChI is InChI=1S/C34H52N4O7/c1-24(2)29-20-37(25(3)39)21-31(44-6)34(42)30(40)23-45-17-8-7-16-38(33(29)27-10-9-11-28(18-27)43-5)32(41)22-36(4)19-26-12-14-35-15-13-26/h9-15,18,24,29-31,33-34,40,42H,7-8,16-17,19-23H2,1-6H3/t29-,30+,31+,33-,34+/m1/s1. The Labute approximate surface area is 268 Å². The second kappa shape index (κ2) is 18.2. The van der Waals surface area contributed by atoms with Gasteiger partial charge in [0.15, 0.2) is 0 Å². The number of hydrogen-bond acceptors (Lipinski definition) is 9. The first-order chi connectivity index (χ1) is 21.5. The van der Waals surface area contributed by atoms with Gasteiger partial charge in [0.25, 0.3) is 0 Å². The van der Waals surface area contributed by atoms with E-state index in [4.69, 9.17) is 14.2 Å². The van der Waals surface area contributed by atoms with Gasteiger partial charge in [-0.15, -0.1) is 0 Å². The molecule has 0 unspecified atom stereocenters. The molecule has 1 aliphatic rings. The molecular weight excluding hydrogens is 576 g/mol. The predicted octanol–water partition coefficient (Wildman–Crippen LogP) is 2.76. The molecule has 0 saturated carbocycles. The highest BCUT2D eigenvalue weighted by molar-refractivity contribution is 5.79. The number of aliphatic hydroxyl groups excluding tert-OH is 2. The van der Waals surface area contributed by atoms with Gasteiger partial charge in [0.05, 0.1) is 26.3 Å². The van der Waals surface area contributed by atoms with Crippen molar-refractivity contribution in [1.82, 2.24) is 19.7 Å². The molecule has 250 valence electrons. The Bertz CT molecular complexity index is 1180. The molecule has 1 saturated heterocycles. The van der Waals surface area contributed by atoms with Crippen LogP contribution in [0.4, 0.5) is 0 Å². The molecule has 11 heteroatoms. The van der Waals surface area contributed by atoms with Gasteiger partial charge in [-0.1, -0.05) is 26.0 Å². The first-order valence-corrected chi connectivity index (χ1v) is 15.8. The van der Waals surface area contributed by atoms with Crippen LogP contribution in [-0.2, 0) is 25.6 Å². The number of amides is 2. The van der Waals surface area contributed by atoms with Gasteiger partial charge in [-0.3, -0.25) is 19.5 Å². The number of benzene rings is 1. The first kappa shape index (κ1) is 36.4. The van der Waals surface area contributed by atoms with Gasteiger partial charge in [0.2, 0.25) is 11.8 Å². The molecule has 1 aromatic heterocycles. The summed E-state index contributed by atoms with van der Waals surface area (Å²) < 4.78 is 16.9. The third-order valence-corrected chi connectivity index (χ3v) is 8.54. The van der Waals surface area contributed by atoms with Crippen LogP contribution in [0.5, 0.6) is 5.75 Å². The molecule has 11 nitrogen and oxygen atoms in total. The average Bonchev–Trinajstić information content (AvgIpc) is 3.02. The summed E-state index contributed by atoms with van der Waals surface area (Å²) in [4.78, 5) is 37.1. The summed E-state index contributed by atoms with van der Waals surface area (Å²) in [5.74, 6) is 0.343. The van der Waals surface area contributed by atoms with Crippen molar-refractivity contribution in [3.63, 3.8) is 0 Å². The van der Waals surface area contributed by atoms with Gasteiger partial charge in [-0.25, -0.2) is 0 Å². The zero-order valence-electron chi connectivity index (χ0n) is 27.7. The average molecular weight is 629 g/mol. The molecule has 1 fully saturated rings. The maximum absolute atomic E-state index is 14.3. The van der Waals surface area contributed by atoms with E-state index in [-0.39, 0.29) is 49.4 Å². The van der Waals surface area contributed by atoms with Crippen LogP contribution < -0.4 is 4.74 Å². The molecule has 1 aromatic carbocycles. The minimum Gasteiger partial charge on any atom is -0.497 e. The van der Waals surface area contributed by atoms with Crippen LogP contribution in [-0.4, -0.2) is 121 Å². The monoisotopic (exact) mass is 628 g/mol. The molecule has 0 radical (unpaired) electrons. The molecule has 2 amide bonds. The smallest absolute Gasteiger partial charge is 0.237 e. The number of likely N-dealkylation sites (N-methyl/N-ethyl adjacent to an activating group) is 1. The largest absolute Gasteiger partial charge is 0.497 e. The van der Waals surface area contributed by atoms with Crippen molar-refractivity contribution in [2.24, 2.45) is 11.8 Å². The zero-order chi connectivity index (χ0) is 32.9. The highest BCUT2D eigenvalue weighted by Gasteiger charge is 2.37. The third-order valence-electron chi connectivity index (χ3n) is 8.54. The number of ether oxygens (including phenoxy) is 3. The van der Waals surface area contributed by atoms with Gasteiger partial charge in [-0.2, -0.15) is 0 Å². The number of methoxy groups -OCH3 is 2. The molecule has 2 N–H and O–H groups in total. The number of carbonyl (C=O) groups is 2. The minimum atomic E-state index is -1.25. The van der Waals surface area contributed by atoms with Crippen molar-refractivity contribution in [2.45, 2.75) is 64.5 Å². The Kier molecular flexibility index (Phi) is 14.7. The van der Waals surface area contributed by atoms with E-state index in [1.54, 1.807) is 24.4 Å². The second-order valence-corrected chi connectivity index (χ2v) is 12.3. The highest BCUT2D eigenvalue weighted by Crippen LogP contribution is 2.37. The van der Waals surface area contributed by atoms with E-state index in [1.165, 1.54) is 14.0 Å². The lowest BCUT2D eigenvalue weighted by molar-refractivity contribution is -0.140. The minimum absolute atomic E-state index is 0.0229. The van der Waals surface area contributed by atoms with Crippen LogP contribution in [0.3, 0.4) is 0 Å². The third kappa shape index (κ3) is 10.7. The summed E-state index contributed by atoms with van der Waals surface area (Å²) in [6, 6.07) is 11.3. The van der Waals surface area contributed by atoms with E-state index < -0.39 is 18.3 Å². The van der Waals surface area contributed by atoms with Crippen LogP contribution in [0, 0.1) is 11.8 Å². The molecule has 0 spiro atoms. The van der Waals surface area contributed by atoms with Gasteiger partial charge in [0, 0.05) is 65.1 Å². The van der Waals surface area contributed by atoms with Crippen LogP contribution >= 0.6 is 0 Å². The van der Waals surface area contributed by atoms with Crippen LogP contribution in [0.2, 0.25) is 0 Å². The highest BCUT2D eigenvalue weighted by atomic mass is 16.5. The van der Waals surface area contributed by atoms with Crippen molar-refractivity contribution >= 4 is 11.8 Å². The van der Waals surface area contributed by atoms with Gasteiger partial charge in [-0.05, 0) is 61.2 Å². The van der Waals surface area contributed by atoms with Crippen LogP contribution in [0.15, 0.2) is 48.8 Å². The fourth-order valence-corrected chi connectivity index (χ4v) is 5.92. The van der Waals surface area contributed by atoms with E-state index in [0.717, 1.165) is 11.1 Å². The Hall–Kier alpha value is -3.09. The van der Waals surface area contributed by atoms with Crippen LogP contribution in [0.1, 0.15) is 50.8 Å². The number of hydrogen-bond donors (Lipinski definition) is 2. The van der Waals surface area contributed by atoms with Crippen molar-refractivity contribution in [3.8, 4) is 5.75 Å². The zero-order valence-corrected chi connectivity index (χ0v) is 27.7. The van der Waals surface area contributed by atoms with Gasteiger partial charge in [0.1, 0.15) is 24.1 Å². The summed E-state index contributed by atoms with van der Waals surface area (Å²) in [5.41, 5.74) is 1.98. The lowest BCUT2D eigenvalue weighted by atomic mass is 9.82. The lowest BCUT2D eigenvalue weighted by Crippen LogP contribution is -2.51. The van der Waals surface area contributed by atoms with Crippen molar-refractivity contribution in [3.05, 3.63) is 59.9 Å². The molecule has 1 aliphatic heterocycles. The van der Waals surface area contributed by atoms with Crippen molar-refractivity contribution in [2.75, 3.05) is 60.7 Å². The quantitative estimate of drug-likeness (QED) is 0.454. The summed E-state index contributed by atoms with van der Waals surface area (Å²) in [7, 11) is 5.00. The Morgan fingerprint density at radius 1 is 1.11 bits per heavy atom. The number of pyridine rings is 1. The molecule has 3 rings (SSSR count). The van der Waals surface area contributed by atoms with E-state index in [0.29, 0.717) is 44.8 Å². The van der Waals surface area contributed by atoms with E-state index in [9.17, 15) is 19.8 Å². The maximum atomic E-state index is 14.3. The fourth-order valence-electron chi connectivity index (χ4n) is 5.92. The number of carbonyl (C=O) groups excluding carboxylic acids is 2. The molecule has 2 aromatic rings. The summed E-state index contributed by atoms with van der Waals surface area (Å²) in [6.07, 6.45) is 1.56. The Morgan fingerprint density at radius 2 is 1.84 bits per heavy atom. The Balaban J connectivity index is 2.07. The fraction of sp³-hybridized carbons (Fsp3) is 0.618.